The highest BCUT2D eigenvalue weighted by Gasteiger charge is 2.50. The smallest absolute Gasteiger partial charge is 0.164 e. The van der Waals surface area contributed by atoms with Gasteiger partial charge in [-0.25, -0.2) is 0 Å². The maximum absolute atomic E-state index is 13.6. The van der Waals surface area contributed by atoms with E-state index in [9.17, 15) is 79.0 Å². The second-order valence-corrected chi connectivity index (χ2v) is 7.17. The molecule has 0 spiro atoms. The Labute approximate surface area is 204 Å². The molecule has 3 heterocycles. The first-order valence-electron chi connectivity index (χ1n) is 9.18. The Kier molecular flexibility index (Phi) is 6.78. The van der Waals surface area contributed by atoms with E-state index >= 15 is 0 Å². The molecule has 0 saturated heterocycles. The number of rotatable bonds is 3. The predicted octanol–water partition coefficient (Wildman–Crippen LogP) is 6.25. The molecule has 0 aliphatic rings. The van der Waals surface area contributed by atoms with Crippen LogP contribution in [0, 0.1) is 0 Å². The van der Waals surface area contributed by atoms with Crippen LogP contribution >= 0.6 is 0 Å². The summed E-state index contributed by atoms with van der Waals surface area (Å²) in [4.78, 5) is -4.60. The average molecular weight is 623 g/mol. The maximum Gasteiger partial charge on any atom is 0.435 e. The fraction of sp³-hybridized carbons (Fsp3) is 0.400. The molecule has 0 aliphatic heterocycles. The third-order valence-corrected chi connectivity index (χ3v) is 4.33. The van der Waals surface area contributed by atoms with Crippen molar-refractivity contribution < 1.29 is 79.0 Å². The molecule has 0 aliphatic carbocycles. The minimum Gasteiger partial charge on any atom is -0.164 e. The third-order valence-electron chi connectivity index (χ3n) is 4.33. The van der Waals surface area contributed by atoms with Gasteiger partial charge in [0.2, 0.25) is 0 Å². The molecule has 3 aromatic heterocycles. The van der Waals surface area contributed by atoms with E-state index in [1.54, 1.807) is 0 Å². The van der Waals surface area contributed by atoms with Crippen molar-refractivity contribution >= 4 is 0 Å². The fourth-order valence-corrected chi connectivity index (χ4v) is 2.77. The molecule has 0 bridgehead atoms. The van der Waals surface area contributed by atoms with Gasteiger partial charge in [-0.15, -0.1) is 29.7 Å². The zero-order chi connectivity index (χ0) is 31.0. The van der Waals surface area contributed by atoms with Crippen LogP contribution < -0.4 is 5.23 Å². The van der Waals surface area contributed by atoms with E-state index in [0.29, 0.717) is 0 Å². The van der Waals surface area contributed by atoms with Crippen molar-refractivity contribution in [3.05, 3.63) is 52.4 Å². The van der Waals surface area contributed by atoms with Crippen molar-refractivity contribution in [3.8, 4) is 0 Å². The van der Waals surface area contributed by atoms with Gasteiger partial charge in [0.1, 0.15) is 0 Å². The van der Waals surface area contributed by atoms with E-state index in [1.165, 1.54) is 0 Å². The number of hydrogen-bond donors (Lipinski definition) is 0. The normalized spacial score (nSPS) is 14.2. The molecule has 0 unspecified atom stereocenters. The monoisotopic (exact) mass is 623 g/mol. The minimum absolute atomic E-state index is 1.00. The summed E-state index contributed by atoms with van der Waals surface area (Å²) in [6, 6.07) is -3.01. The van der Waals surface area contributed by atoms with Gasteiger partial charge in [0.25, 0.3) is 0 Å². The quantitative estimate of drug-likeness (QED) is 0.324. The summed E-state index contributed by atoms with van der Waals surface area (Å²) >= 11 is 0. The Morgan fingerprint density at radius 3 is 0.725 bits per heavy atom. The summed E-state index contributed by atoms with van der Waals surface area (Å²) in [7, 11) is 0. The summed E-state index contributed by atoms with van der Waals surface area (Å²) in [5.41, 5.74) is -16.9. The third kappa shape index (κ3) is 5.85. The van der Waals surface area contributed by atoms with Gasteiger partial charge in [-0.3, -0.25) is 0 Å². The van der Waals surface area contributed by atoms with Gasteiger partial charge in [0.15, 0.2) is 34.2 Å². The first-order valence-corrected chi connectivity index (χ1v) is 9.18. The minimum atomic E-state index is -6.19. The second kappa shape index (κ2) is 8.84. The zero-order valence-electron chi connectivity index (χ0n) is 17.7. The van der Waals surface area contributed by atoms with Crippen LogP contribution in [0.4, 0.5) is 79.0 Å². The van der Waals surface area contributed by atoms with Crippen LogP contribution in [0.5, 0.6) is 0 Å². The molecule has 0 radical (unpaired) electrons. The number of aromatic nitrogens is 6. The van der Waals surface area contributed by atoms with Gasteiger partial charge in [0.05, 0.1) is 0 Å². The van der Waals surface area contributed by atoms with Crippen molar-refractivity contribution in [2.24, 2.45) is 0 Å². The van der Waals surface area contributed by atoms with Gasteiger partial charge >= 0.3 is 37.1 Å². The van der Waals surface area contributed by atoms with Crippen LogP contribution in [0.3, 0.4) is 0 Å². The molecule has 0 fully saturated rings. The van der Waals surface area contributed by atoms with Crippen molar-refractivity contribution in [1.82, 2.24) is 29.7 Å². The molecule has 224 valence electrons. The molecule has 0 saturated carbocycles. The summed E-state index contributed by atoms with van der Waals surface area (Å²) in [5.74, 6) is 0. The topological polar surface area (TPSA) is 56.7 Å². The largest absolute Gasteiger partial charge is 0.435 e. The van der Waals surface area contributed by atoms with Crippen molar-refractivity contribution in [1.29, 1.82) is 0 Å². The molecule has 25 heteroatoms. The number of nitrogens with zero attached hydrogens (tertiary/aromatic N) is 7. The first kappa shape index (κ1) is 30.7. The highest BCUT2D eigenvalue weighted by Crippen LogP contribution is 2.40. The highest BCUT2D eigenvalue weighted by molar-refractivity contribution is 5.24. The van der Waals surface area contributed by atoms with Gasteiger partial charge in [-0.1, -0.05) is 5.23 Å². The van der Waals surface area contributed by atoms with Gasteiger partial charge in [-0.05, 0) is 0 Å². The molecule has 7 nitrogen and oxygen atoms in total. The summed E-state index contributed by atoms with van der Waals surface area (Å²) in [6.45, 7) is 0. The van der Waals surface area contributed by atoms with E-state index in [4.69, 9.17) is 0 Å². The van der Waals surface area contributed by atoms with Crippen molar-refractivity contribution in [2.45, 2.75) is 37.1 Å². The molecule has 0 N–H and O–H groups in total. The van der Waals surface area contributed by atoms with Crippen LogP contribution in [0.2, 0.25) is 0 Å². The van der Waals surface area contributed by atoms with Crippen LogP contribution in [-0.4, -0.2) is 29.7 Å². The summed E-state index contributed by atoms with van der Waals surface area (Å²) in [5, 5.41) is 4.92. The lowest BCUT2D eigenvalue weighted by molar-refractivity contribution is -0.151. The van der Waals surface area contributed by atoms with Gasteiger partial charge in [0, 0.05) is 18.2 Å². The van der Waals surface area contributed by atoms with Crippen LogP contribution in [0.1, 0.15) is 34.2 Å². The van der Waals surface area contributed by atoms with E-state index in [2.05, 4.69) is 15.3 Å². The molecule has 40 heavy (non-hydrogen) atoms. The lowest BCUT2D eigenvalue weighted by Crippen LogP contribution is -2.51. The Hall–Kier alpha value is -3.83. The Bertz CT molecular complexity index is 1200. The maximum atomic E-state index is 13.6. The lowest BCUT2D eigenvalue weighted by atomic mass is 10.3. The van der Waals surface area contributed by atoms with E-state index in [1.807, 2.05) is 0 Å². The van der Waals surface area contributed by atoms with E-state index < -0.39 is 109 Å². The SMILES string of the molecule is FC(F)(F)c1cc(C(F)(F)F)n(N(n2nc(C(F)(F)F)cc2C(F)(F)F)n2nc(C(F)(F)F)cc2C(F)(F)F)n1. The number of hydrogen-bond acceptors (Lipinski definition) is 4. The molecule has 0 atom stereocenters. The molecule has 3 rings (SSSR count). The molecular weight excluding hydrogens is 620 g/mol. The Morgan fingerprint density at radius 2 is 0.575 bits per heavy atom. The van der Waals surface area contributed by atoms with Crippen LogP contribution in [0.25, 0.3) is 0 Å². The number of alkyl halides is 18. The Balaban J connectivity index is 2.60. The predicted molar refractivity (Wildman–Crippen MR) is 85.7 cm³/mol. The number of halogens is 18. The molecule has 0 amide bonds. The van der Waals surface area contributed by atoms with Crippen molar-refractivity contribution in [3.63, 3.8) is 0 Å². The van der Waals surface area contributed by atoms with E-state index in [-0.39, 0.29) is 0 Å². The highest BCUT2D eigenvalue weighted by atomic mass is 19.4. The summed E-state index contributed by atoms with van der Waals surface area (Å²) < 4.78 is 240. The molecule has 3 aromatic rings. The summed E-state index contributed by atoms with van der Waals surface area (Å²) in [6.07, 6.45) is -36.4. The van der Waals surface area contributed by atoms with Gasteiger partial charge < -0.3 is 0 Å². The second-order valence-electron chi connectivity index (χ2n) is 7.17. The van der Waals surface area contributed by atoms with Gasteiger partial charge in [-0.2, -0.15) is 79.0 Å². The first-order chi connectivity index (χ1) is 17.6. The molecule has 0 aromatic carbocycles. The lowest BCUT2D eigenvalue weighted by Gasteiger charge is -2.28. The van der Waals surface area contributed by atoms with Crippen molar-refractivity contribution in [2.75, 3.05) is 5.23 Å². The van der Waals surface area contributed by atoms with Crippen LogP contribution in [-0.2, 0) is 37.1 Å². The van der Waals surface area contributed by atoms with E-state index in [0.717, 1.165) is 0 Å². The Morgan fingerprint density at radius 1 is 0.375 bits per heavy atom. The molecular formula is C15H3F18N7. The standard InChI is InChI=1S/C15H3F18N7/c16-10(17,18)4-1-7(13(25,26)27)37(34-4)40(38-8(14(28,29)30)2-5(35-38)11(19,20)21)39-9(15(31,32)33)3-6(36-39)12(22,23)24/h1-3H. The zero-order valence-corrected chi connectivity index (χ0v) is 17.7. The van der Waals surface area contributed by atoms with Crippen LogP contribution in [0.15, 0.2) is 18.2 Å². The average Bonchev–Trinajstić information content (AvgIpc) is 3.42. The fourth-order valence-electron chi connectivity index (χ4n) is 2.77.